The van der Waals surface area contributed by atoms with E-state index in [9.17, 15) is 0 Å². The number of rotatable bonds is 1. The second-order valence-corrected chi connectivity index (χ2v) is 4.88. The average Bonchev–Trinajstić information content (AvgIpc) is 2.84. The van der Waals surface area contributed by atoms with E-state index >= 15 is 0 Å². The molecule has 3 heterocycles. The summed E-state index contributed by atoms with van der Waals surface area (Å²) in [7, 11) is 0. The van der Waals surface area contributed by atoms with Crippen molar-refractivity contribution in [1.82, 2.24) is 9.78 Å². The van der Waals surface area contributed by atoms with Gasteiger partial charge in [-0.25, -0.2) is 4.68 Å². The van der Waals surface area contributed by atoms with Gasteiger partial charge in [-0.3, -0.25) is 0 Å². The molecule has 1 saturated heterocycles. The quantitative estimate of drug-likeness (QED) is 0.790. The molecule has 1 aromatic heterocycles. The van der Waals surface area contributed by atoms with Crippen molar-refractivity contribution in [3.05, 3.63) is 11.3 Å². The number of fused-ring (bicyclic) bond motifs is 1. The van der Waals surface area contributed by atoms with Crippen LogP contribution in [0.15, 0.2) is 0 Å². The number of nitrogens with zero attached hydrogens (tertiary/aromatic N) is 2. The molecule has 2 aliphatic heterocycles. The van der Waals surface area contributed by atoms with Crippen LogP contribution in [0.4, 0.5) is 5.82 Å². The summed E-state index contributed by atoms with van der Waals surface area (Å²) in [5.41, 5.74) is 2.42. The van der Waals surface area contributed by atoms with Crippen LogP contribution in [0, 0.1) is 6.92 Å². The maximum absolute atomic E-state index is 5.90. The highest BCUT2D eigenvalue weighted by molar-refractivity contribution is 5.48. The minimum Gasteiger partial charge on any atom is -0.370 e. The normalized spacial score (nSPS) is 28.9. The maximum atomic E-state index is 5.90. The monoisotopic (exact) mass is 221 g/mol. The van der Waals surface area contributed by atoms with Gasteiger partial charge in [0.2, 0.25) is 0 Å². The van der Waals surface area contributed by atoms with Crippen molar-refractivity contribution in [1.29, 1.82) is 0 Å². The molecule has 88 valence electrons. The van der Waals surface area contributed by atoms with E-state index in [2.05, 4.69) is 23.8 Å². The highest BCUT2D eigenvalue weighted by Crippen LogP contribution is 2.36. The van der Waals surface area contributed by atoms with E-state index in [1.54, 1.807) is 0 Å². The van der Waals surface area contributed by atoms with Crippen molar-refractivity contribution in [2.45, 2.75) is 51.9 Å². The average molecular weight is 221 g/mol. The molecular weight excluding hydrogens is 202 g/mol. The third kappa shape index (κ3) is 1.52. The Morgan fingerprint density at radius 1 is 1.44 bits per heavy atom. The second-order valence-electron chi connectivity index (χ2n) is 4.88. The van der Waals surface area contributed by atoms with Gasteiger partial charge in [-0.15, -0.1) is 0 Å². The summed E-state index contributed by atoms with van der Waals surface area (Å²) < 4.78 is 8.00. The number of hydrogen-bond donors (Lipinski definition) is 1. The summed E-state index contributed by atoms with van der Waals surface area (Å²) in [4.78, 5) is 0. The van der Waals surface area contributed by atoms with Crippen molar-refractivity contribution >= 4 is 5.82 Å². The van der Waals surface area contributed by atoms with Crippen LogP contribution in [0.5, 0.6) is 0 Å². The number of ether oxygens (including phenoxy) is 1. The number of anilines is 1. The smallest absolute Gasteiger partial charge is 0.127 e. The van der Waals surface area contributed by atoms with Crippen LogP contribution in [0.3, 0.4) is 0 Å². The van der Waals surface area contributed by atoms with Crippen molar-refractivity contribution in [2.75, 3.05) is 11.9 Å². The van der Waals surface area contributed by atoms with E-state index in [1.807, 2.05) is 0 Å². The molecule has 2 unspecified atom stereocenters. The topological polar surface area (TPSA) is 39.1 Å². The van der Waals surface area contributed by atoms with Gasteiger partial charge in [-0.2, -0.15) is 5.10 Å². The third-order valence-electron chi connectivity index (χ3n) is 3.60. The number of aromatic nitrogens is 2. The molecule has 0 spiro atoms. The zero-order valence-electron chi connectivity index (χ0n) is 9.99. The second kappa shape index (κ2) is 3.77. The Hall–Kier alpha value is -1.03. The Kier molecular flexibility index (Phi) is 2.39. The van der Waals surface area contributed by atoms with Gasteiger partial charge in [0.25, 0.3) is 0 Å². The molecule has 0 amide bonds. The van der Waals surface area contributed by atoms with E-state index in [1.165, 1.54) is 11.4 Å². The van der Waals surface area contributed by atoms with Crippen LogP contribution in [0.2, 0.25) is 0 Å². The van der Waals surface area contributed by atoms with Gasteiger partial charge in [0.15, 0.2) is 0 Å². The Balaban J connectivity index is 1.92. The van der Waals surface area contributed by atoms with E-state index < -0.39 is 0 Å². The number of nitrogens with one attached hydrogen (secondary N) is 1. The van der Waals surface area contributed by atoms with Gasteiger partial charge in [0.1, 0.15) is 11.9 Å². The fourth-order valence-corrected chi connectivity index (χ4v) is 2.70. The molecule has 2 aliphatic rings. The summed E-state index contributed by atoms with van der Waals surface area (Å²) in [5.74, 6) is 1.20. The number of aryl methyl sites for hydroxylation is 1. The molecule has 3 rings (SSSR count). The largest absolute Gasteiger partial charge is 0.370 e. The van der Waals surface area contributed by atoms with E-state index in [0.717, 1.165) is 38.0 Å². The number of hydrogen-bond acceptors (Lipinski definition) is 3. The van der Waals surface area contributed by atoms with Gasteiger partial charge in [0, 0.05) is 18.7 Å². The first-order valence-electron chi connectivity index (χ1n) is 6.22. The molecule has 1 N–H and O–H groups in total. The minimum atomic E-state index is 0.218. The molecule has 4 heteroatoms. The van der Waals surface area contributed by atoms with Crippen molar-refractivity contribution < 1.29 is 4.74 Å². The van der Waals surface area contributed by atoms with Gasteiger partial charge in [-0.05, 0) is 33.1 Å². The molecule has 2 atom stereocenters. The van der Waals surface area contributed by atoms with Gasteiger partial charge in [0.05, 0.1) is 11.8 Å². The highest BCUT2D eigenvalue weighted by atomic mass is 16.5. The molecule has 0 bridgehead atoms. The fraction of sp³-hybridized carbons (Fsp3) is 0.750. The predicted octanol–water partition coefficient (Wildman–Crippen LogP) is 2.25. The third-order valence-corrected chi connectivity index (χ3v) is 3.60. The molecule has 0 aliphatic carbocycles. The van der Waals surface area contributed by atoms with Crippen LogP contribution in [0.25, 0.3) is 0 Å². The van der Waals surface area contributed by atoms with Gasteiger partial charge in [-0.1, -0.05) is 0 Å². The molecule has 0 radical (unpaired) electrons. The van der Waals surface area contributed by atoms with Crippen LogP contribution in [-0.4, -0.2) is 22.4 Å². The first-order valence-corrected chi connectivity index (χ1v) is 6.22. The Labute approximate surface area is 96.0 Å². The molecular formula is C12H19N3O. The van der Waals surface area contributed by atoms with Crippen molar-refractivity contribution in [3.63, 3.8) is 0 Å². The molecule has 0 aromatic carbocycles. The summed E-state index contributed by atoms with van der Waals surface area (Å²) in [6.45, 7) is 6.39. The molecule has 16 heavy (non-hydrogen) atoms. The zero-order valence-corrected chi connectivity index (χ0v) is 9.99. The van der Waals surface area contributed by atoms with Crippen LogP contribution >= 0.6 is 0 Å². The van der Waals surface area contributed by atoms with Gasteiger partial charge < -0.3 is 10.1 Å². The van der Waals surface area contributed by atoms with Crippen molar-refractivity contribution in [3.8, 4) is 0 Å². The van der Waals surface area contributed by atoms with E-state index in [0.29, 0.717) is 6.10 Å². The summed E-state index contributed by atoms with van der Waals surface area (Å²) >= 11 is 0. The van der Waals surface area contributed by atoms with Crippen LogP contribution in [0.1, 0.15) is 43.5 Å². The maximum Gasteiger partial charge on any atom is 0.127 e. The first kappa shape index (κ1) is 10.1. The molecule has 1 aromatic rings. The lowest BCUT2D eigenvalue weighted by Gasteiger charge is -2.15. The summed E-state index contributed by atoms with van der Waals surface area (Å²) in [6.07, 6.45) is 4.03. The summed E-state index contributed by atoms with van der Waals surface area (Å²) in [6, 6.07) is 0. The minimum absolute atomic E-state index is 0.218. The molecule has 0 saturated carbocycles. The highest BCUT2D eigenvalue weighted by Gasteiger charge is 2.29. The summed E-state index contributed by atoms with van der Waals surface area (Å²) in [5, 5.41) is 8.13. The molecule has 4 nitrogen and oxygen atoms in total. The Morgan fingerprint density at radius 2 is 2.31 bits per heavy atom. The lowest BCUT2D eigenvalue weighted by molar-refractivity contribution is 0.0523. The Morgan fingerprint density at radius 3 is 3.00 bits per heavy atom. The van der Waals surface area contributed by atoms with E-state index in [4.69, 9.17) is 9.84 Å². The SMILES string of the molecule is Cc1c(C2CCC(C)O2)nn2c1NCCC2. The van der Waals surface area contributed by atoms with Crippen LogP contribution < -0.4 is 5.32 Å². The standard InChI is InChI=1S/C12H19N3O/c1-8-4-5-10(16-8)11-9(2)12-13-6-3-7-15(12)14-11/h8,10,13H,3-7H2,1-2H3. The fourth-order valence-electron chi connectivity index (χ4n) is 2.70. The van der Waals surface area contributed by atoms with Gasteiger partial charge >= 0.3 is 0 Å². The first-order chi connectivity index (χ1) is 7.75. The lowest BCUT2D eigenvalue weighted by atomic mass is 10.1. The Bertz CT molecular complexity index is 399. The molecule has 1 fully saturated rings. The van der Waals surface area contributed by atoms with E-state index in [-0.39, 0.29) is 6.10 Å². The zero-order chi connectivity index (χ0) is 11.1. The van der Waals surface area contributed by atoms with Crippen LogP contribution in [-0.2, 0) is 11.3 Å². The predicted molar refractivity (Wildman–Crippen MR) is 62.6 cm³/mol. The lowest BCUT2D eigenvalue weighted by Crippen LogP contribution is -2.17. The van der Waals surface area contributed by atoms with Crippen molar-refractivity contribution in [2.24, 2.45) is 0 Å².